The van der Waals surface area contributed by atoms with Crippen LogP contribution in [0.15, 0.2) is 34.2 Å². The van der Waals surface area contributed by atoms with Crippen LogP contribution in [0.25, 0.3) is 10.2 Å². The Morgan fingerprint density at radius 1 is 1.22 bits per heavy atom. The number of alkyl halides is 3. The molecular weight excluding hydrogens is 463 g/mol. The van der Waals surface area contributed by atoms with Crippen LogP contribution < -0.4 is 5.56 Å². The van der Waals surface area contributed by atoms with Crippen molar-refractivity contribution < 1.29 is 23.1 Å². The van der Waals surface area contributed by atoms with Gasteiger partial charge < -0.3 is 5.11 Å². The fourth-order valence-electron chi connectivity index (χ4n) is 3.26. The number of thiophene rings is 1. The third-order valence-electron chi connectivity index (χ3n) is 4.89. The normalized spacial score (nSPS) is 13.7. The van der Waals surface area contributed by atoms with Gasteiger partial charge >= 0.3 is 12.1 Å². The van der Waals surface area contributed by atoms with Gasteiger partial charge in [-0.3, -0.25) is 14.3 Å². The van der Waals surface area contributed by atoms with Gasteiger partial charge in [0.25, 0.3) is 5.56 Å². The van der Waals surface area contributed by atoms with E-state index in [0.717, 1.165) is 40.6 Å². The monoisotopic (exact) mass is 485 g/mol. The minimum atomic E-state index is -5.08. The van der Waals surface area contributed by atoms with Crippen LogP contribution in [0, 0.1) is 0 Å². The number of nitrogens with zero attached hydrogens (tertiary/aromatic N) is 3. The van der Waals surface area contributed by atoms with Crippen LogP contribution in [-0.2, 0) is 37.1 Å². The van der Waals surface area contributed by atoms with E-state index in [4.69, 9.17) is 14.9 Å². The summed E-state index contributed by atoms with van der Waals surface area (Å²) in [6.07, 6.45) is -4.14. The predicted octanol–water partition coefficient (Wildman–Crippen LogP) is 4.43. The van der Waals surface area contributed by atoms with Gasteiger partial charge in [0.15, 0.2) is 5.16 Å². The number of rotatable bonds is 4. The first-order valence-corrected chi connectivity index (χ1v) is 11.5. The van der Waals surface area contributed by atoms with Crippen molar-refractivity contribution >= 4 is 39.3 Å². The second kappa shape index (κ2) is 9.63. The van der Waals surface area contributed by atoms with Crippen molar-refractivity contribution in [2.45, 2.75) is 43.5 Å². The van der Waals surface area contributed by atoms with E-state index in [2.05, 4.69) is 37.1 Å². The first-order valence-electron chi connectivity index (χ1n) is 9.71. The predicted molar refractivity (Wildman–Crippen MR) is 119 cm³/mol. The zero-order chi connectivity index (χ0) is 23.6. The van der Waals surface area contributed by atoms with E-state index in [1.165, 1.54) is 21.6 Å². The molecule has 2 aromatic heterocycles. The first kappa shape index (κ1) is 24.3. The summed E-state index contributed by atoms with van der Waals surface area (Å²) < 4.78 is 33.4. The molecule has 3 aromatic rings. The van der Waals surface area contributed by atoms with Gasteiger partial charge in [-0.15, -0.1) is 11.3 Å². The Bertz CT molecular complexity index is 1200. The molecular formula is C21H22F3N3O3S2. The Balaban J connectivity index is 0.000000360. The van der Waals surface area contributed by atoms with E-state index < -0.39 is 12.1 Å². The molecule has 32 heavy (non-hydrogen) atoms. The summed E-state index contributed by atoms with van der Waals surface area (Å²) in [7, 11) is 3.97. The number of aromatic nitrogens is 2. The molecule has 0 unspecified atom stereocenters. The van der Waals surface area contributed by atoms with Crippen molar-refractivity contribution in [1.29, 1.82) is 0 Å². The van der Waals surface area contributed by atoms with Crippen LogP contribution >= 0.6 is 23.1 Å². The molecule has 0 bridgehead atoms. The fourth-order valence-corrected chi connectivity index (χ4v) is 5.18. The number of aryl methyl sites for hydroxylation is 1. The van der Waals surface area contributed by atoms with Crippen LogP contribution in [0.4, 0.5) is 13.2 Å². The van der Waals surface area contributed by atoms with Crippen LogP contribution in [-0.4, -0.2) is 38.8 Å². The molecule has 0 fully saturated rings. The Morgan fingerprint density at radius 2 is 1.88 bits per heavy atom. The standard InChI is InChI=1S/C19H21N3OS2.C2HF3O2/c1-4-15-8-16-17(25-15)20-19(22(3)18(16)23)24-11-12-5-6-13-9-21(2)10-14(13)7-12;3-2(4,5)1(6)7/h5-8H,4,9-11H2,1-3H3;(H,6,7). The van der Waals surface area contributed by atoms with Crippen molar-refractivity contribution in [2.24, 2.45) is 7.05 Å². The number of halogens is 3. The van der Waals surface area contributed by atoms with E-state index in [-0.39, 0.29) is 5.56 Å². The van der Waals surface area contributed by atoms with E-state index in [1.807, 2.05) is 13.1 Å². The second-order valence-electron chi connectivity index (χ2n) is 7.41. The maximum atomic E-state index is 12.6. The number of carboxylic acid groups (broad SMARTS) is 1. The van der Waals surface area contributed by atoms with Crippen molar-refractivity contribution in [3.05, 3.63) is 56.2 Å². The Labute approximate surface area is 190 Å². The maximum absolute atomic E-state index is 12.6. The molecule has 1 N–H and O–H groups in total. The molecule has 0 saturated heterocycles. The summed E-state index contributed by atoms with van der Waals surface area (Å²) in [5, 5.41) is 8.66. The maximum Gasteiger partial charge on any atom is 0.490 e. The lowest BCUT2D eigenvalue weighted by atomic mass is 10.1. The highest BCUT2D eigenvalue weighted by Gasteiger charge is 2.38. The van der Waals surface area contributed by atoms with Gasteiger partial charge in [0.05, 0.1) is 5.39 Å². The minimum Gasteiger partial charge on any atom is -0.475 e. The second-order valence-corrected chi connectivity index (χ2v) is 9.47. The largest absolute Gasteiger partial charge is 0.490 e. The van der Waals surface area contributed by atoms with E-state index in [9.17, 15) is 18.0 Å². The van der Waals surface area contributed by atoms with Crippen LogP contribution in [0.5, 0.6) is 0 Å². The summed E-state index contributed by atoms with van der Waals surface area (Å²) in [5.41, 5.74) is 4.19. The van der Waals surface area contributed by atoms with Crippen molar-refractivity contribution in [1.82, 2.24) is 14.5 Å². The number of fused-ring (bicyclic) bond motifs is 2. The number of benzene rings is 1. The number of hydrogen-bond acceptors (Lipinski definition) is 6. The fraction of sp³-hybridized carbons (Fsp3) is 0.381. The van der Waals surface area contributed by atoms with E-state index >= 15 is 0 Å². The van der Waals surface area contributed by atoms with Crippen molar-refractivity contribution in [3.63, 3.8) is 0 Å². The summed E-state index contributed by atoms with van der Waals surface area (Å²) in [4.78, 5) is 30.6. The van der Waals surface area contributed by atoms with Gasteiger partial charge in [0, 0.05) is 30.8 Å². The summed E-state index contributed by atoms with van der Waals surface area (Å²) >= 11 is 3.27. The molecule has 0 spiro atoms. The quantitative estimate of drug-likeness (QED) is 0.435. The molecule has 0 saturated carbocycles. The molecule has 0 aliphatic carbocycles. The summed E-state index contributed by atoms with van der Waals surface area (Å²) in [5.74, 6) is -1.93. The number of carboxylic acids is 1. The van der Waals surface area contributed by atoms with Gasteiger partial charge in [0.2, 0.25) is 0 Å². The highest BCUT2D eigenvalue weighted by atomic mass is 32.2. The Hall–Kier alpha value is -2.37. The van der Waals surface area contributed by atoms with Crippen LogP contribution in [0.3, 0.4) is 0 Å². The zero-order valence-corrected chi connectivity index (χ0v) is 19.3. The molecule has 3 heterocycles. The van der Waals surface area contributed by atoms with Crippen LogP contribution in [0.1, 0.15) is 28.5 Å². The van der Waals surface area contributed by atoms with Gasteiger partial charge in [-0.25, -0.2) is 9.78 Å². The summed E-state index contributed by atoms with van der Waals surface area (Å²) in [6.45, 7) is 4.16. The average molecular weight is 486 g/mol. The van der Waals surface area contributed by atoms with E-state index in [1.54, 1.807) is 27.7 Å². The SMILES string of the molecule is CCc1cc2c(=O)n(C)c(SCc3ccc4c(c3)CN(C)C4)nc2s1.O=C(O)C(F)(F)F. The Morgan fingerprint density at radius 3 is 2.50 bits per heavy atom. The molecule has 1 aromatic carbocycles. The lowest BCUT2D eigenvalue weighted by Gasteiger charge is -2.08. The average Bonchev–Trinajstić information content (AvgIpc) is 3.31. The third-order valence-corrected chi connectivity index (χ3v) is 7.17. The summed E-state index contributed by atoms with van der Waals surface area (Å²) in [6, 6.07) is 8.71. The van der Waals surface area contributed by atoms with Gasteiger partial charge in [-0.1, -0.05) is 36.9 Å². The molecule has 0 amide bonds. The number of thioether (sulfide) groups is 1. The molecule has 172 valence electrons. The van der Waals surface area contributed by atoms with E-state index in [0.29, 0.717) is 0 Å². The highest BCUT2D eigenvalue weighted by Crippen LogP contribution is 2.28. The van der Waals surface area contributed by atoms with Gasteiger partial charge in [-0.05, 0) is 36.2 Å². The number of hydrogen-bond donors (Lipinski definition) is 1. The minimum absolute atomic E-state index is 0.0547. The topological polar surface area (TPSA) is 75.4 Å². The molecule has 4 rings (SSSR count). The van der Waals surface area contributed by atoms with Crippen molar-refractivity contribution in [2.75, 3.05) is 7.05 Å². The smallest absolute Gasteiger partial charge is 0.475 e. The number of aliphatic carboxylic acids is 1. The van der Waals surface area contributed by atoms with Crippen molar-refractivity contribution in [3.8, 4) is 0 Å². The molecule has 6 nitrogen and oxygen atoms in total. The van der Waals surface area contributed by atoms with Gasteiger partial charge in [0.1, 0.15) is 4.83 Å². The molecule has 1 aliphatic rings. The zero-order valence-electron chi connectivity index (χ0n) is 17.7. The highest BCUT2D eigenvalue weighted by molar-refractivity contribution is 7.98. The molecule has 1 aliphatic heterocycles. The molecule has 11 heteroatoms. The third kappa shape index (κ3) is 5.51. The van der Waals surface area contributed by atoms with Crippen LogP contribution in [0.2, 0.25) is 0 Å². The molecule has 0 radical (unpaired) electrons. The number of carbonyl (C=O) groups is 1. The van der Waals surface area contributed by atoms with Gasteiger partial charge in [-0.2, -0.15) is 13.2 Å². The lowest BCUT2D eigenvalue weighted by molar-refractivity contribution is -0.192. The molecule has 0 atom stereocenters. The first-order chi connectivity index (χ1) is 15.0. The Kier molecular flexibility index (Phi) is 7.31. The lowest BCUT2D eigenvalue weighted by Crippen LogP contribution is -2.21.